The Morgan fingerprint density at radius 2 is 1.95 bits per heavy atom. The molecular weight excluding hydrogens is 299 g/mol. The first kappa shape index (κ1) is 14.9. The highest BCUT2D eigenvalue weighted by molar-refractivity contribution is 6.31. The number of nitro benzene ring substituents is 1. The predicted molar refractivity (Wildman–Crippen MR) is 77.2 cm³/mol. The molecule has 0 unspecified atom stereocenters. The van der Waals surface area contributed by atoms with Crippen LogP contribution in [0.3, 0.4) is 0 Å². The number of amides is 1. The summed E-state index contributed by atoms with van der Waals surface area (Å²) in [6.45, 7) is 0. The number of para-hydroxylation sites is 1. The van der Waals surface area contributed by atoms with Crippen LogP contribution in [0.15, 0.2) is 42.5 Å². The van der Waals surface area contributed by atoms with Gasteiger partial charge in [0.1, 0.15) is 11.4 Å². The normalized spacial score (nSPS) is 10.2. The molecule has 0 saturated carbocycles. The monoisotopic (exact) mass is 308 g/mol. The van der Waals surface area contributed by atoms with E-state index < -0.39 is 16.6 Å². The molecule has 0 saturated heterocycles. The number of hydrogen-bond donors (Lipinski definition) is 0. The highest BCUT2D eigenvalue weighted by Crippen LogP contribution is 2.26. The van der Waals surface area contributed by atoms with Crippen molar-refractivity contribution in [3.63, 3.8) is 0 Å². The summed E-state index contributed by atoms with van der Waals surface area (Å²) in [5, 5.41) is 11.2. The molecule has 0 spiro atoms. The molecule has 0 aliphatic carbocycles. The molecule has 1 amide bonds. The van der Waals surface area contributed by atoms with E-state index in [1.165, 1.54) is 37.4 Å². The average Bonchev–Trinajstić information content (AvgIpc) is 2.45. The van der Waals surface area contributed by atoms with Gasteiger partial charge in [0.25, 0.3) is 11.6 Å². The van der Waals surface area contributed by atoms with Crippen LogP contribution >= 0.6 is 11.6 Å². The van der Waals surface area contributed by atoms with Gasteiger partial charge in [-0.25, -0.2) is 4.39 Å². The zero-order valence-corrected chi connectivity index (χ0v) is 11.7. The molecule has 0 aromatic heterocycles. The lowest BCUT2D eigenvalue weighted by Gasteiger charge is -2.18. The zero-order valence-electron chi connectivity index (χ0n) is 10.9. The third-order valence-corrected chi connectivity index (χ3v) is 3.14. The van der Waals surface area contributed by atoms with Gasteiger partial charge in [-0.1, -0.05) is 23.7 Å². The van der Waals surface area contributed by atoms with Crippen LogP contribution in [0.2, 0.25) is 5.02 Å². The maximum Gasteiger partial charge on any atom is 0.282 e. The molecule has 21 heavy (non-hydrogen) atoms. The number of halogens is 2. The van der Waals surface area contributed by atoms with Crippen molar-refractivity contribution in [2.45, 2.75) is 0 Å². The molecule has 2 aromatic carbocycles. The van der Waals surface area contributed by atoms with Crippen LogP contribution in [0.4, 0.5) is 15.8 Å². The highest BCUT2D eigenvalue weighted by Gasteiger charge is 2.25. The Kier molecular flexibility index (Phi) is 4.18. The fourth-order valence-corrected chi connectivity index (χ4v) is 2.02. The van der Waals surface area contributed by atoms with Crippen molar-refractivity contribution in [3.8, 4) is 0 Å². The standard InChI is InChI=1S/C14H10ClFN2O3/c1-17(13-5-3-2-4-11(13)16)14(19)10-8-9(15)6-7-12(10)18(20)21/h2-8H,1H3. The lowest BCUT2D eigenvalue weighted by molar-refractivity contribution is -0.385. The molecule has 2 aromatic rings. The van der Waals surface area contributed by atoms with E-state index in [0.29, 0.717) is 0 Å². The molecule has 0 radical (unpaired) electrons. The van der Waals surface area contributed by atoms with Gasteiger partial charge in [-0.15, -0.1) is 0 Å². The second-order valence-corrected chi connectivity index (χ2v) is 4.67. The number of anilines is 1. The summed E-state index contributed by atoms with van der Waals surface area (Å²) in [6, 6.07) is 9.31. The summed E-state index contributed by atoms with van der Waals surface area (Å²) in [5.41, 5.74) is -0.553. The van der Waals surface area contributed by atoms with Crippen LogP contribution in [-0.4, -0.2) is 17.9 Å². The first-order chi connectivity index (χ1) is 9.91. The molecule has 5 nitrogen and oxygen atoms in total. The number of carbonyl (C=O) groups is 1. The largest absolute Gasteiger partial charge is 0.308 e. The molecule has 0 N–H and O–H groups in total. The SMILES string of the molecule is CN(C(=O)c1cc(Cl)ccc1[N+](=O)[O-])c1ccccc1F. The summed E-state index contributed by atoms with van der Waals surface area (Å²) in [6.07, 6.45) is 0. The minimum atomic E-state index is -0.714. The number of benzene rings is 2. The Balaban J connectivity index is 2.47. The molecule has 7 heteroatoms. The minimum Gasteiger partial charge on any atom is -0.308 e. The Bertz CT molecular complexity index is 721. The lowest BCUT2D eigenvalue weighted by atomic mass is 10.1. The van der Waals surface area contributed by atoms with Crippen LogP contribution < -0.4 is 4.90 Å². The van der Waals surface area contributed by atoms with Crippen molar-refractivity contribution in [1.29, 1.82) is 0 Å². The van der Waals surface area contributed by atoms with Crippen LogP contribution in [0.1, 0.15) is 10.4 Å². The quantitative estimate of drug-likeness (QED) is 0.642. The topological polar surface area (TPSA) is 63.5 Å². The van der Waals surface area contributed by atoms with E-state index in [1.807, 2.05) is 0 Å². The molecule has 0 aliphatic heterocycles. The van der Waals surface area contributed by atoms with Gasteiger partial charge >= 0.3 is 0 Å². The maximum atomic E-state index is 13.7. The summed E-state index contributed by atoms with van der Waals surface area (Å²) in [4.78, 5) is 23.7. The van der Waals surface area contributed by atoms with Crippen molar-refractivity contribution in [1.82, 2.24) is 0 Å². The van der Waals surface area contributed by atoms with Gasteiger partial charge in [0.15, 0.2) is 0 Å². The van der Waals surface area contributed by atoms with Crippen molar-refractivity contribution in [3.05, 3.63) is 69.0 Å². The summed E-state index contributed by atoms with van der Waals surface area (Å²) >= 11 is 5.78. The van der Waals surface area contributed by atoms with E-state index >= 15 is 0 Å². The maximum absolute atomic E-state index is 13.7. The molecule has 0 aliphatic rings. The van der Waals surface area contributed by atoms with Gasteiger partial charge in [-0.2, -0.15) is 0 Å². The van der Waals surface area contributed by atoms with Crippen molar-refractivity contribution in [2.75, 3.05) is 11.9 Å². The Morgan fingerprint density at radius 3 is 2.57 bits per heavy atom. The smallest absolute Gasteiger partial charge is 0.282 e. The molecule has 108 valence electrons. The van der Waals surface area contributed by atoms with E-state index in [2.05, 4.69) is 0 Å². The number of carbonyl (C=O) groups excluding carboxylic acids is 1. The summed E-state index contributed by atoms with van der Waals surface area (Å²) in [5.74, 6) is -1.31. The average molecular weight is 309 g/mol. The van der Waals surface area contributed by atoms with Crippen molar-refractivity contribution < 1.29 is 14.1 Å². The number of rotatable bonds is 3. The zero-order chi connectivity index (χ0) is 15.6. The Labute approximate surface area is 124 Å². The molecule has 0 atom stereocenters. The minimum absolute atomic E-state index is 0.0248. The van der Waals surface area contributed by atoms with Crippen molar-refractivity contribution in [2.24, 2.45) is 0 Å². The first-order valence-corrected chi connectivity index (χ1v) is 6.26. The highest BCUT2D eigenvalue weighted by atomic mass is 35.5. The second kappa shape index (κ2) is 5.88. The lowest BCUT2D eigenvalue weighted by Crippen LogP contribution is -2.27. The van der Waals surface area contributed by atoms with Gasteiger partial charge < -0.3 is 4.90 Å². The Morgan fingerprint density at radius 1 is 1.29 bits per heavy atom. The Hall–Kier alpha value is -2.47. The van der Waals surface area contributed by atoms with Crippen LogP contribution in [0.25, 0.3) is 0 Å². The van der Waals surface area contributed by atoms with E-state index in [9.17, 15) is 19.3 Å². The third-order valence-electron chi connectivity index (χ3n) is 2.90. The fraction of sp³-hybridized carbons (Fsp3) is 0.0714. The summed E-state index contributed by atoms with van der Waals surface area (Å²) < 4.78 is 13.7. The molecule has 0 heterocycles. The number of hydrogen-bond acceptors (Lipinski definition) is 3. The first-order valence-electron chi connectivity index (χ1n) is 5.88. The number of nitrogens with zero attached hydrogens (tertiary/aromatic N) is 2. The van der Waals surface area contributed by atoms with Gasteiger partial charge in [-0.3, -0.25) is 14.9 Å². The van der Waals surface area contributed by atoms with Gasteiger partial charge in [0.05, 0.1) is 10.6 Å². The van der Waals surface area contributed by atoms with Crippen molar-refractivity contribution >= 4 is 28.9 Å². The van der Waals surface area contributed by atoms with Gasteiger partial charge in [0, 0.05) is 18.1 Å². The molecule has 0 fully saturated rings. The number of nitro groups is 1. The fourth-order valence-electron chi connectivity index (χ4n) is 1.85. The summed E-state index contributed by atoms with van der Waals surface area (Å²) in [7, 11) is 1.34. The van der Waals surface area contributed by atoms with E-state index in [-0.39, 0.29) is 22.0 Å². The molecule has 0 bridgehead atoms. The third kappa shape index (κ3) is 3.00. The van der Waals surface area contributed by atoms with Gasteiger partial charge in [-0.05, 0) is 24.3 Å². The second-order valence-electron chi connectivity index (χ2n) is 4.23. The van der Waals surface area contributed by atoms with E-state index in [4.69, 9.17) is 11.6 Å². The van der Waals surface area contributed by atoms with Crippen LogP contribution in [0, 0.1) is 15.9 Å². The molecular formula is C14H10ClFN2O3. The van der Waals surface area contributed by atoms with E-state index in [1.54, 1.807) is 6.07 Å². The van der Waals surface area contributed by atoms with Crippen LogP contribution in [0.5, 0.6) is 0 Å². The van der Waals surface area contributed by atoms with Gasteiger partial charge in [0.2, 0.25) is 0 Å². The molecule has 2 rings (SSSR count). The predicted octanol–water partition coefficient (Wildman–Crippen LogP) is 3.66. The van der Waals surface area contributed by atoms with E-state index in [0.717, 1.165) is 11.0 Å². The van der Waals surface area contributed by atoms with Crippen LogP contribution in [-0.2, 0) is 0 Å².